The second-order valence-electron chi connectivity index (χ2n) is 3.72. The molecule has 5 heteroatoms. The summed E-state index contributed by atoms with van der Waals surface area (Å²) >= 11 is 5.92. The zero-order valence-electron chi connectivity index (χ0n) is 9.83. The second-order valence-corrected chi connectivity index (χ2v) is 4.13. The standard InChI is InChI=1S/C11H17ClN2O2/c1-4-11(16,5-2)10(15)9-8(12)7-13-14(9)6-3/h7,16H,4-6H2,1-3H3. The number of rotatable bonds is 5. The van der Waals surface area contributed by atoms with Crippen LogP contribution in [0.15, 0.2) is 6.20 Å². The second kappa shape index (κ2) is 4.97. The third-order valence-electron chi connectivity index (χ3n) is 2.90. The molecule has 1 N–H and O–H groups in total. The largest absolute Gasteiger partial charge is 0.382 e. The molecule has 0 aliphatic rings. The first-order valence-corrected chi connectivity index (χ1v) is 5.86. The van der Waals surface area contributed by atoms with Crippen molar-refractivity contribution < 1.29 is 9.90 Å². The minimum atomic E-state index is -1.34. The van der Waals surface area contributed by atoms with Crippen molar-refractivity contribution in [2.45, 2.75) is 45.8 Å². The molecule has 0 spiro atoms. The van der Waals surface area contributed by atoms with Crippen molar-refractivity contribution in [3.8, 4) is 0 Å². The molecule has 0 bridgehead atoms. The molecule has 1 heterocycles. The van der Waals surface area contributed by atoms with Gasteiger partial charge in [0.25, 0.3) is 0 Å². The van der Waals surface area contributed by atoms with Crippen LogP contribution in [0, 0.1) is 0 Å². The maximum Gasteiger partial charge on any atom is 0.213 e. The summed E-state index contributed by atoms with van der Waals surface area (Å²) in [5, 5.41) is 14.5. The van der Waals surface area contributed by atoms with E-state index in [4.69, 9.17) is 11.6 Å². The maximum absolute atomic E-state index is 12.2. The highest BCUT2D eigenvalue weighted by Gasteiger charge is 2.36. The molecule has 0 aliphatic carbocycles. The SMILES string of the molecule is CCn1ncc(Cl)c1C(=O)C(O)(CC)CC. The van der Waals surface area contributed by atoms with Gasteiger partial charge < -0.3 is 5.11 Å². The number of nitrogens with zero attached hydrogens (tertiary/aromatic N) is 2. The summed E-state index contributed by atoms with van der Waals surface area (Å²) in [6.07, 6.45) is 2.17. The number of carbonyl (C=O) groups is 1. The number of halogens is 1. The van der Waals surface area contributed by atoms with Crippen LogP contribution in [-0.2, 0) is 6.54 Å². The predicted octanol–water partition coefficient (Wildman–Crippen LogP) is 2.29. The van der Waals surface area contributed by atoms with Crippen molar-refractivity contribution in [2.75, 3.05) is 0 Å². The van der Waals surface area contributed by atoms with E-state index in [1.807, 2.05) is 6.92 Å². The summed E-state index contributed by atoms with van der Waals surface area (Å²) in [6, 6.07) is 0. The number of aliphatic hydroxyl groups is 1. The first-order valence-electron chi connectivity index (χ1n) is 5.48. The highest BCUT2D eigenvalue weighted by atomic mass is 35.5. The maximum atomic E-state index is 12.2. The van der Waals surface area contributed by atoms with Gasteiger partial charge in [0.1, 0.15) is 11.3 Å². The van der Waals surface area contributed by atoms with Gasteiger partial charge in [-0.05, 0) is 19.8 Å². The summed E-state index contributed by atoms with van der Waals surface area (Å²) in [7, 11) is 0. The molecule has 0 unspecified atom stereocenters. The molecule has 0 fully saturated rings. The van der Waals surface area contributed by atoms with Gasteiger partial charge in [-0.15, -0.1) is 0 Å². The van der Waals surface area contributed by atoms with E-state index in [1.165, 1.54) is 10.9 Å². The van der Waals surface area contributed by atoms with E-state index in [-0.39, 0.29) is 5.78 Å². The smallest absolute Gasteiger partial charge is 0.213 e. The van der Waals surface area contributed by atoms with Crippen molar-refractivity contribution in [2.24, 2.45) is 0 Å². The highest BCUT2D eigenvalue weighted by Crippen LogP contribution is 2.25. The normalized spacial score (nSPS) is 11.8. The molecule has 0 saturated carbocycles. The zero-order chi connectivity index (χ0) is 12.3. The van der Waals surface area contributed by atoms with Crippen LogP contribution in [0.5, 0.6) is 0 Å². The van der Waals surface area contributed by atoms with Crippen molar-refractivity contribution in [3.63, 3.8) is 0 Å². The molecule has 90 valence electrons. The van der Waals surface area contributed by atoms with Crippen molar-refractivity contribution in [1.82, 2.24) is 9.78 Å². The lowest BCUT2D eigenvalue weighted by Gasteiger charge is -2.23. The molecule has 1 rings (SSSR count). The van der Waals surface area contributed by atoms with Crippen LogP contribution in [-0.4, -0.2) is 26.3 Å². The van der Waals surface area contributed by atoms with Crippen LogP contribution >= 0.6 is 11.6 Å². The van der Waals surface area contributed by atoms with Gasteiger partial charge in [0.2, 0.25) is 5.78 Å². The van der Waals surface area contributed by atoms with E-state index in [2.05, 4.69) is 5.10 Å². The first-order chi connectivity index (χ1) is 7.50. The molecule has 16 heavy (non-hydrogen) atoms. The van der Waals surface area contributed by atoms with Gasteiger partial charge in [-0.2, -0.15) is 5.10 Å². The molecular formula is C11H17ClN2O2. The number of carbonyl (C=O) groups excluding carboxylic acids is 1. The minimum Gasteiger partial charge on any atom is -0.382 e. The number of aryl methyl sites for hydroxylation is 1. The Hall–Kier alpha value is -0.870. The third kappa shape index (κ3) is 2.13. The van der Waals surface area contributed by atoms with E-state index in [1.54, 1.807) is 13.8 Å². The Morgan fingerprint density at radius 3 is 2.50 bits per heavy atom. The number of hydrogen-bond donors (Lipinski definition) is 1. The Morgan fingerprint density at radius 2 is 2.06 bits per heavy atom. The quantitative estimate of drug-likeness (QED) is 0.809. The van der Waals surface area contributed by atoms with Crippen molar-refractivity contribution >= 4 is 17.4 Å². The van der Waals surface area contributed by atoms with Crippen molar-refractivity contribution in [1.29, 1.82) is 0 Å². The lowest BCUT2D eigenvalue weighted by atomic mass is 9.90. The van der Waals surface area contributed by atoms with E-state index >= 15 is 0 Å². The lowest BCUT2D eigenvalue weighted by Crippen LogP contribution is -2.38. The summed E-state index contributed by atoms with van der Waals surface area (Å²) in [5.41, 5.74) is -1.04. The van der Waals surface area contributed by atoms with Crippen molar-refractivity contribution in [3.05, 3.63) is 16.9 Å². The van der Waals surface area contributed by atoms with Gasteiger partial charge >= 0.3 is 0 Å². The van der Waals surface area contributed by atoms with Gasteiger partial charge in [0.15, 0.2) is 0 Å². The monoisotopic (exact) mass is 244 g/mol. The van der Waals surface area contributed by atoms with E-state index < -0.39 is 5.60 Å². The fourth-order valence-electron chi connectivity index (χ4n) is 1.62. The van der Waals surface area contributed by atoms with Gasteiger partial charge in [-0.25, -0.2) is 0 Å². The Labute approximate surface area is 100 Å². The molecule has 4 nitrogen and oxygen atoms in total. The topological polar surface area (TPSA) is 55.1 Å². The average molecular weight is 245 g/mol. The molecule has 0 aromatic carbocycles. The zero-order valence-corrected chi connectivity index (χ0v) is 10.6. The number of ketones is 1. The number of Topliss-reactive ketones (excluding diaryl/α,β-unsaturated/α-hetero) is 1. The van der Waals surface area contributed by atoms with Gasteiger partial charge in [0.05, 0.1) is 11.2 Å². The molecule has 1 aromatic rings. The fraction of sp³-hybridized carbons (Fsp3) is 0.636. The fourth-order valence-corrected chi connectivity index (χ4v) is 1.85. The van der Waals surface area contributed by atoms with Crippen LogP contribution < -0.4 is 0 Å². The molecule has 0 amide bonds. The molecule has 0 radical (unpaired) electrons. The molecular weight excluding hydrogens is 228 g/mol. The van der Waals surface area contributed by atoms with E-state index in [9.17, 15) is 9.90 Å². The summed E-state index contributed by atoms with van der Waals surface area (Å²) in [6.45, 7) is 5.98. The Bertz CT molecular complexity index is 383. The van der Waals surface area contributed by atoms with Crippen LogP contribution in [0.1, 0.15) is 44.1 Å². The Kier molecular flexibility index (Phi) is 4.10. The summed E-state index contributed by atoms with van der Waals surface area (Å²) < 4.78 is 1.51. The summed E-state index contributed by atoms with van der Waals surface area (Å²) in [4.78, 5) is 12.2. The summed E-state index contributed by atoms with van der Waals surface area (Å²) in [5.74, 6) is -0.346. The Morgan fingerprint density at radius 1 is 1.50 bits per heavy atom. The van der Waals surface area contributed by atoms with Gasteiger partial charge in [-0.3, -0.25) is 9.48 Å². The van der Waals surface area contributed by atoms with Crippen LogP contribution in [0.4, 0.5) is 0 Å². The van der Waals surface area contributed by atoms with E-state index in [0.717, 1.165) is 0 Å². The van der Waals surface area contributed by atoms with Crippen LogP contribution in [0.2, 0.25) is 5.02 Å². The van der Waals surface area contributed by atoms with Crippen LogP contribution in [0.3, 0.4) is 0 Å². The number of aromatic nitrogens is 2. The third-order valence-corrected chi connectivity index (χ3v) is 3.18. The van der Waals surface area contributed by atoms with Crippen LogP contribution in [0.25, 0.3) is 0 Å². The average Bonchev–Trinajstić information content (AvgIpc) is 2.68. The van der Waals surface area contributed by atoms with E-state index in [0.29, 0.717) is 30.1 Å². The van der Waals surface area contributed by atoms with Gasteiger partial charge in [-0.1, -0.05) is 25.4 Å². The highest BCUT2D eigenvalue weighted by molar-refractivity contribution is 6.34. The lowest BCUT2D eigenvalue weighted by molar-refractivity contribution is 0.0267. The minimum absolute atomic E-state index is 0.298. The molecule has 0 saturated heterocycles. The molecule has 0 atom stereocenters. The molecule has 1 aromatic heterocycles. The first kappa shape index (κ1) is 13.2. The predicted molar refractivity (Wildman–Crippen MR) is 62.8 cm³/mol. The molecule has 0 aliphatic heterocycles. The van der Waals surface area contributed by atoms with Gasteiger partial charge in [0, 0.05) is 6.54 Å². The Balaban J connectivity index is 3.18. The number of hydrogen-bond acceptors (Lipinski definition) is 3.